The summed E-state index contributed by atoms with van der Waals surface area (Å²) in [5.74, 6) is -0.563. The van der Waals surface area contributed by atoms with E-state index in [9.17, 15) is 13.2 Å². The summed E-state index contributed by atoms with van der Waals surface area (Å²) in [4.78, 5) is 16.3. The molecule has 0 saturated carbocycles. The maximum atomic E-state index is 12.6. The Bertz CT molecular complexity index is 926. The van der Waals surface area contributed by atoms with Gasteiger partial charge in [-0.3, -0.25) is 4.90 Å². The molecule has 3 rings (SSSR count). The van der Waals surface area contributed by atoms with Crippen molar-refractivity contribution in [2.24, 2.45) is 0 Å². The van der Waals surface area contributed by atoms with Crippen molar-refractivity contribution in [3.8, 4) is 0 Å². The second-order valence-electron chi connectivity index (χ2n) is 7.08. The number of ether oxygens (including phenoxy) is 1. The third kappa shape index (κ3) is 5.35. The minimum Gasteiger partial charge on any atom is -0.465 e. The number of para-hydroxylation sites is 1. The Morgan fingerprint density at radius 2 is 1.76 bits per heavy atom. The van der Waals surface area contributed by atoms with Crippen LogP contribution in [0, 0.1) is 0 Å². The topological polar surface area (TPSA) is 78.9 Å². The molecule has 0 radical (unpaired) electrons. The zero-order valence-corrected chi connectivity index (χ0v) is 17.6. The molecule has 2 aromatic carbocycles. The van der Waals surface area contributed by atoms with Crippen LogP contribution in [0.5, 0.6) is 0 Å². The fourth-order valence-corrected chi connectivity index (χ4v) is 4.58. The number of anilines is 1. The molecule has 1 atom stereocenters. The van der Waals surface area contributed by atoms with E-state index in [1.165, 1.54) is 37.1 Å². The molecule has 1 N–H and O–H groups in total. The van der Waals surface area contributed by atoms with Crippen LogP contribution in [-0.4, -0.2) is 65.2 Å². The second kappa shape index (κ2) is 9.39. The molecule has 7 nitrogen and oxygen atoms in total. The smallest absolute Gasteiger partial charge is 0.337 e. The van der Waals surface area contributed by atoms with Gasteiger partial charge in [-0.05, 0) is 37.3 Å². The first kappa shape index (κ1) is 21.3. The third-order valence-electron chi connectivity index (χ3n) is 5.19. The quantitative estimate of drug-likeness (QED) is 0.694. The highest BCUT2D eigenvalue weighted by atomic mass is 32.2. The van der Waals surface area contributed by atoms with Crippen molar-refractivity contribution < 1.29 is 17.9 Å². The predicted octanol–water partition coefficient (Wildman–Crippen LogP) is 1.96. The fourth-order valence-electron chi connectivity index (χ4n) is 3.41. The Kier molecular flexibility index (Phi) is 6.89. The van der Waals surface area contributed by atoms with Crippen molar-refractivity contribution in [1.29, 1.82) is 0 Å². The van der Waals surface area contributed by atoms with Gasteiger partial charge in [0.2, 0.25) is 10.0 Å². The van der Waals surface area contributed by atoms with Gasteiger partial charge in [0.05, 0.1) is 17.6 Å². The van der Waals surface area contributed by atoms with Crippen LogP contribution in [0.25, 0.3) is 0 Å². The third-order valence-corrected chi connectivity index (χ3v) is 6.61. The lowest BCUT2D eigenvalue weighted by Crippen LogP contribution is -2.52. The summed E-state index contributed by atoms with van der Waals surface area (Å²) in [6.07, 6.45) is 0. The molecular formula is C21H27N3O4S. The van der Waals surface area contributed by atoms with E-state index in [0.717, 1.165) is 26.2 Å². The molecule has 0 unspecified atom stereocenters. The molecule has 156 valence electrons. The average Bonchev–Trinajstić information content (AvgIpc) is 2.77. The van der Waals surface area contributed by atoms with E-state index in [1.54, 1.807) is 0 Å². The number of rotatable bonds is 7. The highest BCUT2D eigenvalue weighted by molar-refractivity contribution is 7.89. The van der Waals surface area contributed by atoms with Crippen molar-refractivity contribution in [2.75, 3.05) is 44.7 Å². The van der Waals surface area contributed by atoms with E-state index in [-0.39, 0.29) is 16.5 Å². The molecule has 1 saturated heterocycles. The number of esters is 1. The van der Waals surface area contributed by atoms with Gasteiger partial charge in [0.25, 0.3) is 0 Å². The Morgan fingerprint density at radius 1 is 1.07 bits per heavy atom. The van der Waals surface area contributed by atoms with Gasteiger partial charge in [-0.25, -0.2) is 17.9 Å². The number of carbonyl (C=O) groups excluding carboxylic acids is 1. The monoisotopic (exact) mass is 417 g/mol. The predicted molar refractivity (Wildman–Crippen MR) is 113 cm³/mol. The van der Waals surface area contributed by atoms with Gasteiger partial charge in [-0.2, -0.15) is 0 Å². The number of nitrogens with one attached hydrogen (secondary N) is 1. The zero-order chi connectivity index (χ0) is 20.9. The highest BCUT2D eigenvalue weighted by Gasteiger charge is 2.23. The molecule has 0 aromatic heterocycles. The van der Waals surface area contributed by atoms with E-state index in [0.29, 0.717) is 6.54 Å². The molecular weight excluding hydrogens is 390 g/mol. The molecule has 0 spiro atoms. The van der Waals surface area contributed by atoms with Crippen LogP contribution >= 0.6 is 0 Å². The summed E-state index contributed by atoms with van der Waals surface area (Å²) >= 11 is 0. The number of methoxy groups -OCH3 is 1. The van der Waals surface area contributed by atoms with Gasteiger partial charge < -0.3 is 9.64 Å². The summed E-state index contributed by atoms with van der Waals surface area (Å²) in [6, 6.07) is 16.2. The van der Waals surface area contributed by atoms with Crippen molar-refractivity contribution in [2.45, 2.75) is 17.9 Å². The maximum absolute atomic E-state index is 12.6. The number of nitrogens with zero attached hydrogens (tertiary/aromatic N) is 2. The number of hydrogen-bond acceptors (Lipinski definition) is 6. The van der Waals surface area contributed by atoms with Crippen molar-refractivity contribution in [1.82, 2.24) is 9.62 Å². The lowest BCUT2D eigenvalue weighted by Gasteiger charge is -2.39. The number of carbonyl (C=O) groups is 1. The standard InChI is InChI=1S/C21H27N3O4S/c1-17(23-11-13-24(14-12-23)19-8-4-3-5-9-19)16-22-29(26,27)20-10-6-7-18(15-20)21(25)28-2/h3-10,15,17,22H,11-14,16H2,1-2H3/t17-/m1/s1. The first-order valence-electron chi connectivity index (χ1n) is 9.63. The van der Waals surface area contributed by atoms with Crippen molar-refractivity contribution in [3.63, 3.8) is 0 Å². The van der Waals surface area contributed by atoms with Crippen LogP contribution < -0.4 is 9.62 Å². The lowest BCUT2D eigenvalue weighted by molar-refractivity contribution is 0.0600. The SMILES string of the molecule is COC(=O)c1cccc(S(=O)(=O)NC[C@@H](C)N2CCN(c3ccccc3)CC2)c1. The number of sulfonamides is 1. The molecule has 1 aliphatic rings. The van der Waals surface area contributed by atoms with E-state index >= 15 is 0 Å². The minimum atomic E-state index is -3.71. The highest BCUT2D eigenvalue weighted by Crippen LogP contribution is 2.17. The van der Waals surface area contributed by atoms with E-state index in [1.807, 2.05) is 25.1 Å². The molecule has 2 aromatic rings. The zero-order valence-electron chi connectivity index (χ0n) is 16.7. The van der Waals surface area contributed by atoms with E-state index < -0.39 is 16.0 Å². The Hall–Kier alpha value is -2.42. The van der Waals surface area contributed by atoms with E-state index in [4.69, 9.17) is 0 Å². The van der Waals surface area contributed by atoms with Gasteiger partial charge >= 0.3 is 5.97 Å². The van der Waals surface area contributed by atoms with E-state index in [2.05, 4.69) is 31.4 Å². The summed E-state index contributed by atoms with van der Waals surface area (Å²) in [7, 11) is -2.44. The molecule has 1 fully saturated rings. The second-order valence-corrected chi connectivity index (χ2v) is 8.85. The largest absolute Gasteiger partial charge is 0.465 e. The first-order valence-corrected chi connectivity index (χ1v) is 11.1. The normalized spacial score (nSPS) is 16.4. The lowest BCUT2D eigenvalue weighted by atomic mass is 10.2. The van der Waals surface area contributed by atoms with Crippen molar-refractivity contribution in [3.05, 3.63) is 60.2 Å². The van der Waals surface area contributed by atoms with Crippen LogP contribution in [0.15, 0.2) is 59.5 Å². The van der Waals surface area contributed by atoms with Gasteiger partial charge in [-0.15, -0.1) is 0 Å². The Labute approximate surface area is 172 Å². The Morgan fingerprint density at radius 3 is 2.41 bits per heavy atom. The Balaban J connectivity index is 1.55. The molecule has 0 aliphatic carbocycles. The summed E-state index contributed by atoms with van der Waals surface area (Å²) in [6.45, 7) is 5.87. The number of hydrogen-bond donors (Lipinski definition) is 1. The van der Waals surface area contributed by atoms with Crippen LogP contribution in [0.2, 0.25) is 0 Å². The van der Waals surface area contributed by atoms with Crippen LogP contribution in [0.4, 0.5) is 5.69 Å². The van der Waals surface area contributed by atoms with Crippen molar-refractivity contribution >= 4 is 21.7 Å². The summed E-state index contributed by atoms with van der Waals surface area (Å²) in [5.41, 5.74) is 1.42. The average molecular weight is 418 g/mol. The first-order chi connectivity index (χ1) is 13.9. The molecule has 0 amide bonds. The summed E-state index contributed by atoms with van der Waals surface area (Å²) < 4.78 is 32.6. The molecule has 29 heavy (non-hydrogen) atoms. The van der Waals surface area contributed by atoms with Crippen LogP contribution in [0.3, 0.4) is 0 Å². The van der Waals surface area contributed by atoms with Gasteiger partial charge in [0.1, 0.15) is 0 Å². The maximum Gasteiger partial charge on any atom is 0.337 e. The fraction of sp³-hybridized carbons (Fsp3) is 0.381. The molecule has 0 bridgehead atoms. The number of piperazine rings is 1. The summed E-state index contributed by atoms with van der Waals surface area (Å²) in [5, 5.41) is 0. The molecule has 1 aliphatic heterocycles. The molecule has 8 heteroatoms. The minimum absolute atomic E-state index is 0.0569. The van der Waals surface area contributed by atoms with Crippen LogP contribution in [-0.2, 0) is 14.8 Å². The number of benzene rings is 2. The van der Waals surface area contributed by atoms with Gasteiger partial charge in [0, 0.05) is 44.5 Å². The van der Waals surface area contributed by atoms with Gasteiger partial charge in [-0.1, -0.05) is 24.3 Å². The van der Waals surface area contributed by atoms with Crippen LogP contribution in [0.1, 0.15) is 17.3 Å². The van der Waals surface area contributed by atoms with Gasteiger partial charge in [0.15, 0.2) is 0 Å². The molecule has 1 heterocycles.